The zero-order chi connectivity index (χ0) is 19.1. The van der Waals surface area contributed by atoms with Gasteiger partial charge in [0.15, 0.2) is 18.5 Å². The van der Waals surface area contributed by atoms with Crippen LogP contribution < -0.4 is 9.67 Å². The van der Waals surface area contributed by atoms with Crippen molar-refractivity contribution in [3.05, 3.63) is 41.9 Å². The number of carboxylic acid groups (broad SMARTS) is 1. The van der Waals surface area contributed by atoms with Crippen molar-refractivity contribution in [1.29, 1.82) is 0 Å². The van der Waals surface area contributed by atoms with Gasteiger partial charge in [0.05, 0.1) is 0 Å². The van der Waals surface area contributed by atoms with Crippen molar-refractivity contribution in [2.75, 3.05) is 13.5 Å². The van der Waals surface area contributed by atoms with E-state index in [9.17, 15) is 20.1 Å². The largest absolute Gasteiger partial charge is 0.542 e. The molecule has 1 aromatic heterocycles. The summed E-state index contributed by atoms with van der Waals surface area (Å²) in [4.78, 5) is 12.5. The van der Waals surface area contributed by atoms with Crippen LogP contribution in [0.1, 0.15) is 34.8 Å². The monoisotopic (exact) mass is 323 g/mol. The number of aromatic nitrogens is 1. The number of pyridine rings is 1. The SMILES string of the molecule is [2H]C([2H])([2H])N1CCC[C@H]1c1ccc[n+]([C@@H]2OC(C(=O)[O-])=C[C@H](O)[C@H]2O)c1. The molecule has 0 aliphatic carbocycles. The van der Waals surface area contributed by atoms with Gasteiger partial charge in [0.2, 0.25) is 0 Å². The number of likely N-dealkylation sites (tertiary alicyclic amines) is 1. The maximum absolute atomic E-state index is 11.0. The Hall–Kier alpha value is -1.96. The Morgan fingerprint density at radius 1 is 1.57 bits per heavy atom. The number of nitrogens with zero attached hydrogens (tertiary/aromatic N) is 2. The molecule has 2 aliphatic heterocycles. The van der Waals surface area contributed by atoms with Crippen LogP contribution in [0.15, 0.2) is 36.4 Å². The molecule has 0 aromatic carbocycles. The maximum atomic E-state index is 11.0. The molecule has 23 heavy (non-hydrogen) atoms. The lowest BCUT2D eigenvalue weighted by molar-refractivity contribution is -0.769. The summed E-state index contributed by atoms with van der Waals surface area (Å²) in [5, 5.41) is 31.1. The minimum atomic E-state index is -2.22. The number of hydrogen-bond acceptors (Lipinski definition) is 6. The third kappa shape index (κ3) is 3.08. The lowest BCUT2D eigenvalue weighted by Gasteiger charge is -2.28. The highest BCUT2D eigenvalue weighted by atomic mass is 16.5. The van der Waals surface area contributed by atoms with Crippen molar-refractivity contribution < 1.29 is 33.5 Å². The summed E-state index contributed by atoms with van der Waals surface area (Å²) in [7, 11) is 0. The summed E-state index contributed by atoms with van der Waals surface area (Å²) in [6.07, 6.45) is 1.47. The molecule has 0 bridgehead atoms. The highest BCUT2D eigenvalue weighted by molar-refractivity contribution is 5.82. The Labute approximate surface area is 138 Å². The molecule has 124 valence electrons. The Kier molecular flexibility index (Phi) is 3.40. The van der Waals surface area contributed by atoms with E-state index in [0.29, 0.717) is 18.5 Å². The summed E-state index contributed by atoms with van der Waals surface area (Å²) in [5.41, 5.74) is 0.705. The van der Waals surface area contributed by atoms with Crippen molar-refractivity contribution in [2.24, 2.45) is 0 Å². The normalized spacial score (nSPS) is 34.0. The molecule has 3 rings (SSSR count). The van der Waals surface area contributed by atoms with Crippen LogP contribution in [-0.4, -0.2) is 46.8 Å². The number of carbonyl (C=O) groups excluding carboxylic acids is 1. The van der Waals surface area contributed by atoms with Crippen LogP contribution in [0.5, 0.6) is 0 Å². The van der Waals surface area contributed by atoms with E-state index >= 15 is 0 Å². The van der Waals surface area contributed by atoms with Gasteiger partial charge in [0, 0.05) is 21.8 Å². The number of aliphatic hydroxyl groups is 2. The summed E-state index contributed by atoms with van der Waals surface area (Å²) in [5.74, 6) is -2.15. The minimum Gasteiger partial charge on any atom is -0.542 e. The number of hydrogen-bond donors (Lipinski definition) is 2. The predicted octanol–water partition coefficient (Wildman–Crippen LogP) is -1.37. The van der Waals surface area contributed by atoms with Gasteiger partial charge in [-0.3, -0.25) is 4.90 Å². The first-order valence-electron chi connectivity index (χ1n) is 8.92. The van der Waals surface area contributed by atoms with Crippen LogP contribution in [0.25, 0.3) is 0 Å². The molecule has 2 aliphatic rings. The summed E-state index contributed by atoms with van der Waals surface area (Å²) in [6.45, 7) is -1.77. The molecule has 7 heteroatoms. The Morgan fingerprint density at radius 3 is 3.13 bits per heavy atom. The first kappa shape index (κ1) is 12.5. The minimum absolute atomic E-state index is 0.322. The Balaban J connectivity index is 1.90. The predicted molar refractivity (Wildman–Crippen MR) is 76.5 cm³/mol. The van der Waals surface area contributed by atoms with Crippen molar-refractivity contribution in [3.63, 3.8) is 0 Å². The first-order valence-corrected chi connectivity index (χ1v) is 7.42. The van der Waals surface area contributed by atoms with Crippen molar-refractivity contribution in [3.8, 4) is 0 Å². The molecule has 0 radical (unpaired) electrons. The zero-order valence-electron chi connectivity index (χ0n) is 15.3. The first-order chi connectivity index (χ1) is 12.2. The average Bonchev–Trinajstić information content (AvgIpc) is 3.07. The topological polar surface area (TPSA) is 96.9 Å². The third-order valence-electron chi connectivity index (χ3n) is 4.19. The number of carbonyl (C=O) groups is 1. The van der Waals surface area contributed by atoms with Crippen molar-refractivity contribution in [1.82, 2.24) is 4.90 Å². The van der Waals surface area contributed by atoms with Gasteiger partial charge < -0.3 is 24.9 Å². The van der Waals surface area contributed by atoms with E-state index in [1.807, 2.05) is 0 Å². The maximum Gasteiger partial charge on any atom is 0.331 e. The fourth-order valence-electron chi connectivity index (χ4n) is 3.00. The molecule has 0 spiro atoms. The number of carboxylic acids is 1. The van der Waals surface area contributed by atoms with Crippen molar-refractivity contribution in [2.45, 2.75) is 37.3 Å². The van der Waals surface area contributed by atoms with Crippen LogP contribution in [-0.2, 0) is 9.53 Å². The van der Waals surface area contributed by atoms with Gasteiger partial charge in [-0.2, -0.15) is 4.57 Å². The van der Waals surface area contributed by atoms with Gasteiger partial charge in [-0.05, 0) is 38.5 Å². The molecular weight excluding hydrogens is 300 g/mol. The second-order valence-corrected chi connectivity index (χ2v) is 5.74. The second-order valence-electron chi connectivity index (χ2n) is 5.74. The van der Waals surface area contributed by atoms with Gasteiger partial charge in [0.1, 0.15) is 17.8 Å². The van der Waals surface area contributed by atoms with Crippen LogP contribution in [0.4, 0.5) is 0 Å². The number of aliphatic hydroxyl groups excluding tert-OH is 2. The zero-order valence-corrected chi connectivity index (χ0v) is 12.3. The van der Waals surface area contributed by atoms with E-state index in [1.165, 1.54) is 9.47 Å². The van der Waals surface area contributed by atoms with Gasteiger partial charge in [-0.15, -0.1) is 0 Å². The summed E-state index contributed by atoms with van der Waals surface area (Å²) in [6, 6.07) is 3.11. The molecule has 2 N–H and O–H groups in total. The van der Waals surface area contributed by atoms with Gasteiger partial charge in [-0.1, -0.05) is 0 Å². The third-order valence-corrected chi connectivity index (χ3v) is 4.19. The van der Waals surface area contributed by atoms with E-state index in [1.54, 1.807) is 24.5 Å². The number of ether oxygens (including phenoxy) is 1. The molecule has 4 atom stereocenters. The average molecular weight is 323 g/mol. The van der Waals surface area contributed by atoms with Crippen LogP contribution in [0.2, 0.25) is 0 Å². The van der Waals surface area contributed by atoms with Gasteiger partial charge in [0.25, 0.3) is 0 Å². The van der Waals surface area contributed by atoms with E-state index in [2.05, 4.69) is 0 Å². The fourth-order valence-corrected chi connectivity index (χ4v) is 3.00. The molecule has 0 amide bonds. The van der Waals surface area contributed by atoms with E-state index in [0.717, 1.165) is 12.5 Å². The van der Waals surface area contributed by atoms with E-state index < -0.39 is 37.1 Å². The molecular formula is C16H20N2O5. The quantitative estimate of drug-likeness (QED) is 0.666. The van der Waals surface area contributed by atoms with Gasteiger partial charge in [-0.25, -0.2) is 0 Å². The lowest BCUT2D eigenvalue weighted by atomic mass is 10.1. The highest BCUT2D eigenvalue weighted by Crippen LogP contribution is 2.30. The van der Waals surface area contributed by atoms with Gasteiger partial charge >= 0.3 is 6.23 Å². The molecule has 3 heterocycles. The standard InChI is InChI=1S/C16H20N2O5/c1-17-6-3-5-11(17)10-4-2-7-18(9-10)15-14(20)12(19)8-13(23-15)16(21)22/h2,4,7-9,11-12,14-15,19-20H,3,5-6H2,1H3/t11-,12-,14+,15+/m0/s1/i1D3. The van der Waals surface area contributed by atoms with Crippen molar-refractivity contribution >= 4 is 5.97 Å². The Bertz CT molecular complexity index is 724. The van der Waals surface area contributed by atoms with E-state index in [-0.39, 0.29) is 6.04 Å². The molecule has 1 saturated heterocycles. The number of aliphatic carboxylic acids is 1. The smallest absolute Gasteiger partial charge is 0.331 e. The van der Waals surface area contributed by atoms with Crippen LogP contribution in [0.3, 0.4) is 0 Å². The molecule has 7 nitrogen and oxygen atoms in total. The molecule has 1 fully saturated rings. The van der Waals surface area contributed by atoms with Crippen LogP contribution >= 0.6 is 0 Å². The highest BCUT2D eigenvalue weighted by Gasteiger charge is 2.40. The Morgan fingerprint density at radius 2 is 2.39 bits per heavy atom. The fraction of sp³-hybridized carbons (Fsp3) is 0.500. The second kappa shape index (κ2) is 6.27. The number of rotatable bonds is 3. The lowest BCUT2D eigenvalue weighted by Crippen LogP contribution is -2.53. The summed E-state index contributed by atoms with van der Waals surface area (Å²) < 4.78 is 29.7. The van der Waals surface area contributed by atoms with E-state index in [4.69, 9.17) is 8.85 Å². The molecule has 0 unspecified atom stereocenters. The van der Waals surface area contributed by atoms with Crippen LogP contribution in [0, 0.1) is 0 Å². The summed E-state index contributed by atoms with van der Waals surface area (Å²) >= 11 is 0. The molecule has 0 saturated carbocycles. The molecule has 1 aromatic rings.